The third kappa shape index (κ3) is 2.25. The number of hydrogen-bond donors (Lipinski definition) is 1. The molecule has 0 amide bonds. The predicted octanol–water partition coefficient (Wildman–Crippen LogP) is 3.11. The van der Waals surface area contributed by atoms with Gasteiger partial charge in [0, 0.05) is 31.4 Å². The Morgan fingerprint density at radius 1 is 1.29 bits per heavy atom. The van der Waals surface area contributed by atoms with Crippen molar-refractivity contribution >= 4 is 0 Å². The summed E-state index contributed by atoms with van der Waals surface area (Å²) in [5.74, 6) is 6.50. The molecule has 3 aliphatic carbocycles. The first-order chi connectivity index (χ1) is 10.3. The number of likely N-dealkylation sites (N-methyl/N-ethyl adjacent to an activating group) is 1. The highest BCUT2D eigenvalue weighted by Crippen LogP contribution is 2.70. The standard InChI is InChI=1S/C18H29N3/c1-3-8-21-9-7-20-15(21)11-14(19-4-2)18-16-12-5-6-13(10-12)17(16)18/h7,9,12-14,16-19H,3-6,8,10-11H2,1-2H3. The molecule has 5 unspecified atom stereocenters. The molecular formula is C18H29N3. The molecule has 0 spiro atoms. The molecule has 116 valence electrons. The van der Waals surface area contributed by atoms with Crippen LogP contribution in [-0.4, -0.2) is 22.1 Å². The Bertz CT molecular complexity index is 478. The topological polar surface area (TPSA) is 29.9 Å². The molecule has 3 heteroatoms. The Hall–Kier alpha value is -0.830. The molecule has 1 N–H and O–H groups in total. The highest BCUT2D eigenvalue weighted by Gasteiger charge is 2.66. The van der Waals surface area contributed by atoms with Crippen LogP contribution in [0.4, 0.5) is 0 Å². The number of aryl methyl sites for hydroxylation is 1. The van der Waals surface area contributed by atoms with E-state index in [2.05, 4.69) is 34.9 Å². The van der Waals surface area contributed by atoms with Gasteiger partial charge in [-0.25, -0.2) is 4.98 Å². The Labute approximate surface area is 128 Å². The lowest BCUT2D eigenvalue weighted by molar-refractivity contribution is 0.359. The number of nitrogens with zero attached hydrogens (tertiary/aromatic N) is 2. The third-order valence-corrected chi connectivity index (χ3v) is 6.39. The first-order valence-electron chi connectivity index (χ1n) is 9.06. The van der Waals surface area contributed by atoms with Gasteiger partial charge < -0.3 is 9.88 Å². The fourth-order valence-electron chi connectivity index (χ4n) is 5.71. The Balaban J connectivity index is 1.47. The summed E-state index contributed by atoms with van der Waals surface area (Å²) in [5, 5.41) is 3.80. The van der Waals surface area contributed by atoms with E-state index in [0.717, 1.165) is 49.1 Å². The van der Waals surface area contributed by atoms with E-state index < -0.39 is 0 Å². The van der Waals surface area contributed by atoms with Crippen LogP contribution in [0, 0.1) is 29.6 Å². The smallest absolute Gasteiger partial charge is 0.110 e. The second-order valence-corrected chi connectivity index (χ2v) is 7.47. The lowest BCUT2D eigenvalue weighted by Gasteiger charge is -2.21. The molecule has 1 aromatic heterocycles. The minimum absolute atomic E-state index is 0.659. The van der Waals surface area contributed by atoms with Gasteiger partial charge >= 0.3 is 0 Å². The van der Waals surface area contributed by atoms with Crippen LogP contribution in [-0.2, 0) is 13.0 Å². The molecule has 21 heavy (non-hydrogen) atoms. The van der Waals surface area contributed by atoms with Crippen LogP contribution in [0.3, 0.4) is 0 Å². The SMILES string of the molecule is CCCn1ccnc1CC(NCC)C1C2C3CCC(C3)C21. The molecule has 1 heterocycles. The van der Waals surface area contributed by atoms with Crippen molar-refractivity contribution in [2.75, 3.05) is 6.54 Å². The van der Waals surface area contributed by atoms with E-state index in [1.54, 1.807) is 6.42 Å². The summed E-state index contributed by atoms with van der Waals surface area (Å²) in [4.78, 5) is 4.64. The zero-order valence-electron chi connectivity index (χ0n) is 13.5. The van der Waals surface area contributed by atoms with Gasteiger partial charge in [-0.05, 0) is 61.8 Å². The molecule has 0 radical (unpaired) electrons. The second kappa shape index (κ2) is 5.42. The van der Waals surface area contributed by atoms with Crippen molar-refractivity contribution in [1.82, 2.24) is 14.9 Å². The summed E-state index contributed by atoms with van der Waals surface area (Å²) in [6.07, 6.45) is 11.0. The normalized spacial score (nSPS) is 37.7. The monoisotopic (exact) mass is 287 g/mol. The number of aromatic nitrogens is 2. The van der Waals surface area contributed by atoms with Crippen molar-refractivity contribution < 1.29 is 0 Å². The van der Waals surface area contributed by atoms with Gasteiger partial charge in [-0.2, -0.15) is 0 Å². The van der Waals surface area contributed by atoms with Crippen LogP contribution in [0.1, 0.15) is 45.4 Å². The van der Waals surface area contributed by atoms with E-state index in [9.17, 15) is 0 Å². The largest absolute Gasteiger partial charge is 0.335 e. The van der Waals surface area contributed by atoms with Crippen LogP contribution in [0.2, 0.25) is 0 Å². The average molecular weight is 287 g/mol. The highest BCUT2D eigenvalue weighted by atomic mass is 15.1. The molecule has 2 bridgehead atoms. The van der Waals surface area contributed by atoms with Crippen molar-refractivity contribution in [1.29, 1.82) is 0 Å². The summed E-state index contributed by atoms with van der Waals surface area (Å²) in [7, 11) is 0. The molecule has 4 rings (SSSR count). The maximum atomic E-state index is 4.64. The lowest BCUT2D eigenvalue weighted by atomic mass is 9.95. The number of rotatable bonds is 7. The van der Waals surface area contributed by atoms with E-state index >= 15 is 0 Å². The number of hydrogen-bond acceptors (Lipinski definition) is 2. The van der Waals surface area contributed by atoms with Crippen molar-refractivity contribution in [2.45, 2.75) is 58.5 Å². The molecule has 3 fully saturated rings. The highest BCUT2D eigenvalue weighted by molar-refractivity contribution is 5.17. The van der Waals surface area contributed by atoms with E-state index in [-0.39, 0.29) is 0 Å². The van der Waals surface area contributed by atoms with E-state index in [0.29, 0.717) is 6.04 Å². The van der Waals surface area contributed by atoms with Crippen LogP contribution >= 0.6 is 0 Å². The van der Waals surface area contributed by atoms with Crippen molar-refractivity contribution in [3.05, 3.63) is 18.2 Å². The Morgan fingerprint density at radius 3 is 2.71 bits per heavy atom. The molecular weight excluding hydrogens is 258 g/mol. The molecule has 0 aromatic carbocycles. The third-order valence-electron chi connectivity index (χ3n) is 6.39. The van der Waals surface area contributed by atoms with Gasteiger partial charge in [0.1, 0.15) is 5.82 Å². The summed E-state index contributed by atoms with van der Waals surface area (Å²) < 4.78 is 2.36. The predicted molar refractivity (Wildman–Crippen MR) is 85.0 cm³/mol. The summed E-state index contributed by atoms with van der Waals surface area (Å²) in [6.45, 7) is 6.69. The fraction of sp³-hybridized carbons (Fsp3) is 0.833. The minimum atomic E-state index is 0.659. The molecule has 0 saturated heterocycles. The number of fused-ring (bicyclic) bond motifs is 5. The molecule has 1 aromatic rings. The molecule has 5 atom stereocenters. The number of imidazole rings is 1. The molecule has 0 aliphatic heterocycles. The fourth-order valence-corrected chi connectivity index (χ4v) is 5.71. The van der Waals surface area contributed by atoms with Crippen LogP contribution in [0.5, 0.6) is 0 Å². The average Bonchev–Trinajstić information content (AvgIpc) is 2.83. The van der Waals surface area contributed by atoms with Gasteiger partial charge in [0.15, 0.2) is 0 Å². The first-order valence-corrected chi connectivity index (χ1v) is 9.06. The zero-order valence-corrected chi connectivity index (χ0v) is 13.5. The van der Waals surface area contributed by atoms with E-state index in [4.69, 9.17) is 0 Å². The van der Waals surface area contributed by atoms with Crippen molar-refractivity contribution in [3.63, 3.8) is 0 Å². The molecule has 3 nitrogen and oxygen atoms in total. The van der Waals surface area contributed by atoms with Crippen LogP contribution in [0.25, 0.3) is 0 Å². The van der Waals surface area contributed by atoms with Crippen LogP contribution < -0.4 is 5.32 Å². The first kappa shape index (κ1) is 13.8. The second-order valence-electron chi connectivity index (χ2n) is 7.47. The maximum absolute atomic E-state index is 4.64. The zero-order chi connectivity index (χ0) is 14.4. The molecule has 3 aliphatic rings. The number of nitrogens with one attached hydrogen (secondary N) is 1. The van der Waals surface area contributed by atoms with Gasteiger partial charge in [-0.15, -0.1) is 0 Å². The summed E-state index contributed by atoms with van der Waals surface area (Å²) in [5.41, 5.74) is 0. The van der Waals surface area contributed by atoms with Gasteiger partial charge in [0.05, 0.1) is 0 Å². The minimum Gasteiger partial charge on any atom is -0.335 e. The van der Waals surface area contributed by atoms with Gasteiger partial charge in [-0.1, -0.05) is 13.8 Å². The summed E-state index contributed by atoms with van der Waals surface area (Å²) in [6, 6.07) is 0.659. The molecule has 3 saturated carbocycles. The van der Waals surface area contributed by atoms with E-state index in [1.165, 1.54) is 25.1 Å². The van der Waals surface area contributed by atoms with Gasteiger partial charge in [-0.3, -0.25) is 0 Å². The van der Waals surface area contributed by atoms with Crippen molar-refractivity contribution in [3.8, 4) is 0 Å². The van der Waals surface area contributed by atoms with Crippen molar-refractivity contribution in [2.24, 2.45) is 29.6 Å². The van der Waals surface area contributed by atoms with Gasteiger partial charge in [0.2, 0.25) is 0 Å². The Kier molecular flexibility index (Phi) is 3.56. The lowest BCUT2D eigenvalue weighted by Crippen LogP contribution is -2.36. The maximum Gasteiger partial charge on any atom is 0.110 e. The quantitative estimate of drug-likeness (QED) is 0.835. The van der Waals surface area contributed by atoms with Crippen LogP contribution in [0.15, 0.2) is 12.4 Å². The van der Waals surface area contributed by atoms with Gasteiger partial charge in [0.25, 0.3) is 0 Å². The Morgan fingerprint density at radius 2 is 2.05 bits per heavy atom. The summed E-state index contributed by atoms with van der Waals surface area (Å²) >= 11 is 0. The van der Waals surface area contributed by atoms with E-state index in [1.807, 2.05) is 6.20 Å².